The van der Waals surface area contributed by atoms with E-state index >= 15 is 0 Å². The van der Waals surface area contributed by atoms with Crippen LogP contribution in [0.2, 0.25) is 0 Å². The van der Waals surface area contributed by atoms with Crippen molar-refractivity contribution < 1.29 is 4.74 Å². The molecule has 2 rings (SSSR count). The van der Waals surface area contributed by atoms with Gasteiger partial charge in [-0.1, -0.05) is 18.6 Å². The number of nitrogens with one attached hydrogen (secondary N) is 2. The molecular formula is C20H34N4O. The highest BCUT2D eigenvalue weighted by Gasteiger charge is 2.27. The van der Waals surface area contributed by atoms with E-state index in [-0.39, 0.29) is 5.54 Å². The number of piperidine rings is 1. The summed E-state index contributed by atoms with van der Waals surface area (Å²) in [5.41, 5.74) is 2.46. The molecule has 2 N–H and O–H groups in total. The minimum Gasteiger partial charge on any atom is -0.496 e. The van der Waals surface area contributed by atoms with Crippen LogP contribution in [0.5, 0.6) is 5.75 Å². The summed E-state index contributed by atoms with van der Waals surface area (Å²) in [5.74, 6) is 1.76. The van der Waals surface area contributed by atoms with Crippen LogP contribution in [0.15, 0.2) is 23.2 Å². The quantitative estimate of drug-likeness (QED) is 0.614. The first-order chi connectivity index (χ1) is 12.0. The lowest BCUT2D eigenvalue weighted by Gasteiger charge is -2.41. The van der Waals surface area contributed by atoms with Gasteiger partial charge in [0.1, 0.15) is 5.75 Å². The van der Waals surface area contributed by atoms with Crippen molar-refractivity contribution in [1.82, 2.24) is 15.5 Å². The molecule has 1 aromatic rings. The molecule has 0 aliphatic carbocycles. The smallest absolute Gasteiger partial charge is 0.191 e. The third kappa shape index (κ3) is 5.63. The maximum atomic E-state index is 5.40. The first-order valence-electron chi connectivity index (χ1n) is 9.29. The van der Waals surface area contributed by atoms with Gasteiger partial charge in [0.15, 0.2) is 5.96 Å². The molecule has 0 atom stereocenters. The minimum absolute atomic E-state index is 0.130. The Balaban J connectivity index is 1.86. The fraction of sp³-hybridized carbons (Fsp3) is 0.650. The van der Waals surface area contributed by atoms with Gasteiger partial charge in [0, 0.05) is 25.7 Å². The van der Waals surface area contributed by atoms with Gasteiger partial charge < -0.3 is 15.4 Å². The van der Waals surface area contributed by atoms with E-state index < -0.39 is 0 Å². The van der Waals surface area contributed by atoms with E-state index in [4.69, 9.17) is 4.74 Å². The molecule has 0 amide bonds. The number of nitrogens with zero attached hydrogens (tertiary/aromatic N) is 2. The van der Waals surface area contributed by atoms with Crippen LogP contribution in [0.1, 0.15) is 44.2 Å². The van der Waals surface area contributed by atoms with Crippen LogP contribution in [-0.4, -0.2) is 50.2 Å². The molecule has 0 spiro atoms. The van der Waals surface area contributed by atoms with Crippen molar-refractivity contribution in [1.29, 1.82) is 0 Å². The zero-order valence-electron chi connectivity index (χ0n) is 16.5. The molecule has 0 aromatic heterocycles. The van der Waals surface area contributed by atoms with E-state index in [2.05, 4.69) is 59.5 Å². The molecule has 0 bridgehead atoms. The van der Waals surface area contributed by atoms with Crippen molar-refractivity contribution in [3.63, 3.8) is 0 Å². The Morgan fingerprint density at radius 1 is 1.20 bits per heavy atom. The van der Waals surface area contributed by atoms with E-state index in [9.17, 15) is 0 Å². The maximum absolute atomic E-state index is 5.40. The van der Waals surface area contributed by atoms with E-state index in [1.807, 2.05) is 7.05 Å². The van der Waals surface area contributed by atoms with E-state index in [1.54, 1.807) is 7.11 Å². The number of aryl methyl sites for hydroxylation is 1. The number of rotatable bonds is 6. The number of methoxy groups -OCH3 is 1. The van der Waals surface area contributed by atoms with E-state index in [1.165, 1.54) is 37.9 Å². The topological polar surface area (TPSA) is 48.9 Å². The normalized spacial score (nSPS) is 16.6. The zero-order chi connectivity index (χ0) is 18.3. The Labute approximate surface area is 152 Å². The second-order valence-corrected chi connectivity index (χ2v) is 7.44. The second kappa shape index (κ2) is 9.09. The summed E-state index contributed by atoms with van der Waals surface area (Å²) >= 11 is 0. The van der Waals surface area contributed by atoms with E-state index in [0.29, 0.717) is 0 Å². The van der Waals surface area contributed by atoms with Gasteiger partial charge in [-0.05, 0) is 63.9 Å². The minimum atomic E-state index is 0.130. The molecule has 1 aliphatic rings. The molecule has 5 heteroatoms. The van der Waals surface area contributed by atoms with Crippen molar-refractivity contribution in [2.75, 3.05) is 33.8 Å². The predicted molar refractivity (Wildman–Crippen MR) is 105 cm³/mol. The lowest BCUT2D eigenvalue weighted by Crippen LogP contribution is -2.54. The number of hydrogen-bond acceptors (Lipinski definition) is 3. The second-order valence-electron chi connectivity index (χ2n) is 7.44. The highest BCUT2D eigenvalue weighted by molar-refractivity contribution is 5.79. The summed E-state index contributed by atoms with van der Waals surface area (Å²) < 4.78 is 5.40. The lowest BCUT2D eigenvalue weighted by molar-refractivity contribution is 0.0982. The number of aliphatic imine (C=N–C) groups is 1. The van der Waals surface area contributed by atoms with Crippen molar-refractivity contribution in [2.45, 2.75) is 52.1 Å². The Morgan fingerprint density at radius 2 is 1.92 bits per heavy atom. The van der Waals surface area contributed by atoms with Gasteiger partial charge in [-0.25, -0.2) is 0 Å². The van der Waals surface area contributed by atoms with Crippen LogP contribution in [0.25, 0.3) is 0 Å². The molecule has 1 aromatic carbocycles. The van der Waals surface area contributed by atoms with Crippen LogP contribution in [0.3, 0.4) is 0 Å². The summed E-state index contributed by atoms with van der Waals surface area (Å²) in [5, 5.41) is 6.88. The van der Waals surface area contributed by atoms with Gasteiger partial charge in [0.05, 0.1) is 7.11 Å². The van der Waals surface area contributed by atoms with Crippen molar-refractivity contribution in [2.24, 2.45) is 4.99 Å². The van der Waals surface area contributed by atoms with Crippen LogP contribution in [0, 0.1) is 6.92 Å². The summed E-state index contributed by atoms with van der Waals surface area (Å²) in [6, 6.07) is 6.29. The average Bonchev–Trinajstić information content (AvgIpc) is 2.63. The summed E-state index contributed by atoms with van der Waals surface area (Å²) in [4.78, 5) is 6.94. The Morgan fingerprint density at radius 3 is 2.56 bits per heavy atom. The zero-order valence-corrected chi connectivity index (χ0v) is 16.5. The summed E-state index contributed by atoms with van der Waals surface area (Å²) in [6.45, 7) is 10.7. The first kappa shape index (κ1) is 19.6. The SMILES string of the molecule is CN=C(NCc1ccc(C)c(OC)c1)NCC(C)(C)N1CCCCC1. The summed E-state index contributed by atoms with van der Waals surface area (Å²) in [6.07, 6.45) is 3.99. The Kier molecular flexibility index (Phi) is 7.12. The third-order valence-corrected chi connectivity index (χ3v) is 5.06. The molecule has 1 saturated heterocycles. The first-order valence-corrected chi connectivity index (χ1v) is 9.29. The standard InChI is InChI=1S/C20H34N4O/c1-16-9-10-17(13-18(16)25-5)14-22-19(21-4)23-15-20(2,3)24-11-7-6-8-12-24/h9-10,13H,6-8,11-12,14-15H2,1-5H3,(H2,21,22,23). The number of guanidine groups is 1. The van der Waals surface area contributed by atoms with Crippen LogP contribution >= 0.6 is 0 Å². The summed E-state index contributed by atoms with van der Waals surface area (Å²) in [7, 11) is 3.53. The highest BCUT2D eigenvalue weighted by atomic mass is 16.5. The number of hydrogen-bond donors (Lipinski definition) is 2. The molecule has 1 aliphatic heterocycles. The molecule has 140 valence electrons. The molecule has 5 nitrogen and oxygen atoms in total. The molecule has 0 saturated carbocycles. The van der Waals surface area contributed by atoms with Crippen LogP contribution in [0.4, 0.5) is 0 Å². The van der Waals surface area contributed by atoms with Crippen molar-refractivity contribution >= 4 is 5.96 Å². The average molecular weight is 347 g/mol. The van der Waals surface area contributed by atoms with Gasteiger partial charge in [0.2, 0.25) is 0 Å². The molecule has 0 radical (unpaired) electrons. The fourth-order valence-corrected chi connectivity index (χ4v) is 3.29. The predicted octanol–water partition coefficient (Wildman–Crippen LogP) is 2.93. The van der Waals surface area contributed by atoms with Crippen molar-refractivity contribution in [3.05, 3.63) is 29.3 Å². The highest BCUT2D eigenvalue weighted by Crippen LogP contribution is 2.20. The van der Waals surface area contributed by atoms with Gasteiger partial charge in [-0.15, -0.1) is 0 Å². The van der Waals surface area contributed by atoms with Gasteiger partial charge in [-0.2, -0.15) is 0 Å². The molecule has 1 heterocycles. The van der Waals surface area contributed by atoms with Gasteiger partial charge in [0.25, 0.3) is 0 Å². The Bertz CT molecular complexity index is 577. The Hall–Kier alpha value is -1.75. The number of ether oxygens (including phenoxy) is 1. The van der Waals surface area contributed by atoms with Crippen LogP contribution in [-0.2, 0) is 6.54 Å². The fourth-order valence-electron chi connectivity index (χ4n) is 3.29. The maximum Gasteiger partial charge on any atom is 0.191 e. The molecule has 0 unspecified atom stereocenters. The third-order valence-electron chi connectivity index (χ3n) is 5.06. The van der Waals surface area contributed by atoms with E-state index in [0.717, 1.165) is 30.4 Å². The molecule has 1 fully saturated rings. The number of benzene rings is 1. The molecule has 25 heavy (non-hydrogen) atoms. The van der Waals surface area contributed by atoms with Gasteiger partial charge >= 0.3 is 0 Å². The molecular weight excluding hydrogens is 312 g/mol. The number of likely N-dealkylation sites (tertiary alicyclic amines) is 1. The van der Waals surface area contributed by atoms with Crippen molar-refractivity contribution in [3.8, 4) is 5.75 Å². The monoisotopic (exact) mass is 346 g/mol. The lowest BCUT2D eigenvalue weighted by atomic mass is 9.98. The van der Waals surface area contributed by atoms with Crippen LogP contribution < -0.4 is 15.4 Å². The van der Waals surface area contributed by atoms with Gasteiger partial charge in [-0.3, -0.25) is 9.89 Å². The largest absolute Gasteiger partial charge is 0.496 e.